The van der Waals surface area contributed by atoms with Crippen molar-refractivity contribution in [3.8, 4) is 0 Å². The lowest BCUT2D eigenvalue weighted by molar-refractivity contribution is -0.133. The van der Waals surface area contributed by atoms with Gasteiger partial charge in [0.15, 0.2) is 5.82 Å². The number of fused-ring (bicyclic) bond motifs is 2. The summed E-state index contributed by atoms with van der Waals surface area (Å²) in [6, 6.07) is 0. The van der Waals surface area contributed by atoms with Crippen LogP contribution < -0.4 is 5.73 Å². The molecule has 2 aliphatic rings. The van der Waals surface area contributed by atoms with Gasteiger partial charge < -0.3 is 15.2 Å². The van der Waals surface area contributed by atoms with E-state index >= 15 is 0 Å². The lowest BCUT2D eigenvalue weighted by atomic mass is 10.0. The Kier molecular flexibility index (Phi) is 3.94. The predicted molar refractivity (Wildman–Crippen MR) is 85.4 cm³/mol. The van der Waals surface area contributed by atoms with Crippen LogP contribution in [0.2, 0.25) is 0 Å². The average Bonchev–Trinajstić information content (AvgIpc) is 3.12. The van der Waals surface area contributed by atoms with E-state index in [1.165, 1.54) is 0 Å². The predicted octanol–water partition coefficient (Wildman–Crippen LogP) is -0.679. The van der Waals surface area contributed by atoms with Crippen LogP contribution in [0.1, 0.15) is 47.3 Å². The summed E-state index contributed by atoms with van der Waals surface area (Å²) in [4.78, 5) is 30.5. The molecule has 10 nitrogen and oxygen atoms in total. The average molecular weight is 344 g/mol. The quantitative estimate of drug-likeness (QED) is 0.769. The fourth-order valence-corrected chi connectivity index (χ4v) is 3.58. The Bertz CT molecular complexity index is 785. The first-order valence-electron chi connectivity index (χ1n) is 8.54. The molecule has 0 saturated carbocycles. The van der Waals surface area contributed by atoms with Gasteiger partial charge in [-0.1, -0.05) is 6.42 Å². The second kappa shape index (κ2) is 6.26. The molecule has 0 spiro atoms. The third-order valence-corrected chi connectivity index (χ3v) is 4.92. The van der Waals surface area contributed by atoms with Gasteiger partial charge in [0.25, 0.3) is 5.91 Å². The number of hydrogen-bond acceptors (Lipinski definition) is 6. The zero-order valence-corrected chi connectivity index (χ0v) is 13.8. The normalized spacial score (nSPS) is 20.3. The number of carbonyl (C=O) groups excluding carboxylic acids is 2. The van der Waals surface area contributed by atoms with E-state index in [1.807, 2.05) is 9.47 Å². The van der Waals surface area contributed by atoms with Crippen LogP contribution in [0, 0.1) is 0 Å². The van der Waals surface area contributed by atoms with Crippen LogP contribution in [0.5, 0.6) is 0 Å². The first-order valence-corrected chi connectivity index (χ1v) is 8.54. The number of nitrogens with zero attached hydrogens (tertiary/aromatic N) is 7. The summed E-state index contributed by atoms with van der Waals surface area (Å²) in [7, 11) is 0. The van der Waals surface area contributed by atoms with Crippen LogP contribution in [0.4, 0.5) is 0 Å². The second-order valence-electron chi connectivity index (χ2n) is 6.48. The van der Waals surface area contributed by atoms with E-state index in [-0.39, 0.29) is 17.5 Å². The number of amides is 2. The van der Waals surface area contributed by atoms with Crippen molar-refractivity contribution in [3.63, 3.8) is 0 Å². The zero-order chi connectivity index (χ0) is 17.4. The van der Waals surface area contributed by atoms with Gasteiger partial charge in [-0.05, 0) is 23.3 Å². The molecule has 0 aromatic carbocycles. The van der Waals surface area contributed by atoms with Gasteiger partial charge in [-0.15, -0.1) is 5.10 Å². The zero-order valence-electron chi connectivity index (χ0n) is 13.8. The van der Waals surface area contributed by atoms with Gasteiger partial charge in [-0.2, -0.15) is 0 Å². The van der Waals surface area contributed by atoms with Crippen LogP contribution in [0.25, 0.3) is 0 Å². The number of nitrogens with two attached hydrogens (primary N) is 1. The molecular weight excluding hydrogens is 324 g/mol. The number of aryl methyl sites for hydroxylation is 1. The maximum atomic E-state index is 13.1. The summed E-state index contributed by atoms with van der Waals surface area (Å²) in [5, 5.41) is 11.8. The van der Waals surface area contributed by atoms with Gasteiger partial charge >= 0.3 is 0 Å². The summed E-state index contributed by atoms with van der Waals surface area (Å²) in [6.45, 7) is 2.49. The molecule has 132 valence electrons. The molecule has 25 heavy (non-hydrogen) atoms. The largest absolute Gasteiger partial charge is 0.364 e. The Hall–Kier alpha value is -2.78. The maximum Gasteiger partial charge on any atom is 0.268 e. The Morgan fingerprint density at radius 2 is 2.04 bits per heavy atom. The third-order valence-electron chi connectivity index (χ3n) is 4.92. The Morgan fingerprint density at radius 1 is 1.16 bits per heavy atom. The molecule has 2 N–H and O–H groups in total. The van der Waals surface area contributed by atoms with Gasteiger partial charge in [0.1, 0.15) is 11.5 Å². The lowest BCUT2D eigenvalue weighted by Gasteiger charge is -2.24. The monoisotopic (exact) mass is 344 g/mol. The van der Waals surface area contributed by atoms with E-state index in [1.54, 1.807) is 10.9 Å². The highest BCUT2D eigenvalue weighted by Gasteiger charge is 2.32. The van der Waals surface area contributed by atoms with Gasteiger partial charge in [0.05, 0.1) is 5.92 Å². The number of hydrogen-bond donors (Lipinski definition) is 1. The van der Waals surface area contributed by atoms with E-state index in [2.05, 4.69) is 20.5 Å². The highest BCUT2D eigenvalue weighted by Crippen LogP contribution is 2.26. The van der Waals surface area contributed by atoms with Crippen molar-refractivity contribution in [1.82, 2.24) is 34.7 Å². The summed E-state index contributed by atoms with van der Waals surface area (Å²) >= 11 is 0. The van der Waals surface area contributed by atoms with Gasteiger partial charge in [0, 0.05) is 38.8 Å². The summed E-state index contributed by atoms with van der Waals surface area (Å²) in [5.41, 5.74) is 5.56. The van der Waals surface area contributed by atoms with Gasteiger partial charge in [-0.3, -0.25) is 9.59 Å². The first kappa shape index (κ1) is 15.7. The topological polar surface area (TPSA) is 125 Å². The fraction of sp³-hybridized carbons (Fsp3) is 0.600. The Balaban J connectivity index is 1.51. The highest BCUT2D eigenvalue weighted by molar-refractivity contribution is 5.90. The van der Waals surface area contributed by atoms with Gasteiger partial charge in [0.2, 0.25) is 5.91 Å². The van der Waals surface area contributed by atoms with E-state index < -0.39 is 5.91 Å². The number of carbonyl (C=O) groups is 2. The van der Waals surface area contributed by atoms with E-state index in [0.29, 0.717) is 31.9 Å². The van der Waals surface area contributed by atoms with Crippen molar-refractivity contribution in [2.45, 2.75) is 44.7 Å². The molecule has 4 rings (SSSR count). The molecular formula is C15H20N8O2. The molecule has 10 heteroatoms. The van der Waals surface area contributed by atoms with E-state index in [0.717, 1.165) is 31.6 Å². The molecule has 4 heterocycles. The SMILES string of the molecule is NC(=O)c1cn2c(n1)CCN(C(=O)C1CCCCn3nnnc31)CC2. The molecule has 0 radical (unpaired) electrons. The molecule has 1 atom stereocenters. The third kappa shape index (κ3) is 2.87. The molecule has 2 aromatic rings. The minimum atomic E-state index is -0.529. The number of imidazole rings is 1. The lowest BCUT2D eigenvalue weighted by Crippen LogP contribution is -2.38. The fourth-order valence-electron chi connectivity index (χ4n) is 3.58. The van der Waals surface area contributed by atoms with Crippen molar-refractivity contribution in [1.29, 1.82) is 0 Å². The molecule has 0 bridgehead atoms. The van der Waals surface area contributed by atoms with Crippen LogP contribution in [0.15, 0.2) is 6.20 Å². The van der Waals surface area contributed by atoms with Crippen molar-refractivity contribution < 1.29 is 9.59 Å². The Morgan fingerprint density at radius 3 is 2.88 bits per heavy atom. The number of rotatable bonds is 2. The van der Waals surface area contributed by atoms with Crippen molar-refractivity contribution in [3.05, 3.63) is 23.5 Å². The molecule has 2 amide bonds. The van der Waals surface area contributed by atoms with E-state index in [4.69, 9.17) is 5.73 Å². The molecule has 0 aliphatic carbocycles. The Labute approximate surface area is 144 Å². The molecule has 2 aromatic heterocycles. The minimum Gasteiger partial charge on any atom is -0.364 e. The van der Waals surface area contributed by atoms with E-state index in [9.17, 15) is 9.59 Å². The van der Waals surface area contributed by atoms with Crippen LogP contribution in [-0.2, 0) is 24.3 Å². The molecule has 2 aliphatic heterocycles. The van der Waals surface area contributed by atoms with Crippen molar-refractivity contribution in [2.75, 3.05) is 13.1 Å². The maximum absolute atomic E-state index is 13.1. The number of primary amides is 1. The van der Waals surface area contributed by atoms with Crippen LogP contribution in [0.3, 0.4) is 0 Å². The smallest absolute Gasteiger partial charge is 0.268 e. The first-order chi connectivity index (χ1) is 12.1. The number of tetrazole rings is 1. The van der Waals surface area contributed by atoms with Crippen molar-refractivity contribution in [2.24, 2.45) is 5.73 Å². The minimum absolute atomic E-state index is 0.0684. The van der Waals surface area contributed by atoms with Crippen LogP contribution in [-0.4, -0.2) is 59.6 Å². The number of aromatic nitrogens is 6. The summed E-state index contributed by atoms with van der Waals surface area (Å²) in [5.74, 6) is 0.706. The summed E-state index contributed by atoms with van der Waals surface area (Å²) < 4.78 is 3.65. The molecule has 0 fully saturated rings. The molecule has 1 unspecified atom stereocenters. The standard InChI is InChI=1S/C15H20N8O2/c16-13(24)11-9-22-8-7-21(6-4-12(22)17-11)15(25)10-3-1-2-5-23-14(10)18-19-20-23/h9-10H,1-8H2,(H2,16,24). The highest BCUT2D eigenvalue weighted by atomic mass is 16.2. The second-order valence-corrected chi connectivity index (χ2v) is 6.48. The van der Waals surface area contributed by atoms with Crippen molar-refractivity contribution >= 4 is 11.8 Å². The van der Waals surface area contributed by atoms with Gasteiger partial charge in [-0.25, -0.2) is 9.67 Å². The molecule has 0 saturated heterocycles. The summed E-state index contributed by atoms with van der Waals surface area (Å²) in [6.07, 6.45) is 4.98. The van der Waals surface area contributed by atoms with Crippen LogP contribution >= 0.6 is 0 Å².